The Bertz CT molecular complexity index is 309. The van der Waals surface area contributed by atoms with Crippen molar-refractivity contribution in [3.8, 4) is 5.40 Å². The summed E-state index contributed by atoms with van der Waals surface area (Å²) in [6, 6.07) is 0. The fraction of sp³-hybridized carbons (Fsp3) is 0. The molecule has 0 spiro atoms. The van der Waals surface area contributed by atoms with E-state index in [2.05, 4.69) is 0 Å². The van der Waals surface area contributed by atoms with Gasteiger partial charge in [-0.1, -0.05) is 0 Å². The zero-order chi connectivity index (χ0) is 8.27. The van der Waals surface area contributed by atoms with Gasteiger partial charge in [0.25, 0.3) is 0 Å². The Morgan fingerprint density at radius 3 is 2.73 bits per heavy atom. The van der Waals surface area contributed by atoms with E-state index < -0.39 is 0 Å². The number of thioether (sulfide) groups is 1. The first-order valence-electron chi connectivity index (χ1n) is 2.78. The SMILES string of the molecule is N#CSC1=CC(=O)C=CC1=O. The van der Waals surface area contributed by atoms with Gasteiger partial charge in [-0.2, -0.15) is 5.26 Å². The summed E-state index contributed by atoms with van der Waals surface area (Å²) in [4.78, 5) is 21.7. The van der Waals surface area contributed by atoms with Gasteiger partial charge in [-0.3, -0.25) is 9.59 Å². The fourth-order valence-corrected chi connectivity index (χ4v) is 1.06. The normalized spacial score (nSPS) is 16.1. The summed E-state index contributed by atoms with van der Waals surface area (Å²) in [5, 5.41) is 9.94. The van der Waals surface area contributed by atoms with Crippen LogP contribution in [0.3, 0.4) is 0 Å². The number of carbonyl (C=O) groups is 2. The average molecular weight is 165 g/mol. The van der Waals surface area contributed by atoms with Gasteiger partial charge < -0.3 is 0 Å². The smallest absolute Gasteiger partial charge is 0.193 e. The van der Waals surface area contributed by atoms with Crippen LogP contribution in [0, 0.1) is 10.7 Å². The molecule has 0 saturated carbocycles. The summed E-state index contributed by atoms with van der Waals surface area (Å²) in [6.07, 6.45) is 3.52. The minimum Gasteiger partial charge on any atom is -0.290 e. The van der Waals surface area contributed by atoms with E-state index in [9.17, 15) is 9.59 Å². The van der Waals surface area contributed by atoms with Crippen molar-refractivity contribution >= 4 is 23.3 Å². The molecule has 0 aromatic rings. The standard InChI is InChI=1S/C7H3NO2S/c8-4-11-7-3-5(9)1-2-6(7)10/h1-3H. The highest BCUT2D eigenvalue weighted by Gasteiger charge is 2.12. The summed E-state index contributed by atoms with van der Waals surface area (Å²) in [6.45, 7) is 0. The van der Waals surface area contributed by atoms with Gasteiger partial charge in [-0.05, 0) is 23.9 Å². The van der Waals surface area contributed by atoms with Crippen LogP contribution in [0.4, 0.5) is 0 Å². The van der Waals surface area contributed by atoms with Crippen molar-refractivity contribution < 1.29 is 9.59 Å². The molecule has 54 valence electrons. The number of hydrogen-bond acceptors (Lipinski definition) is 4. The first-order chi connectivity index (χ1) is 5.24. The summed E-state index contributed by atoms with van der Waals surface area (Å²) in [7, 11) is 0. The van der Waals surface area contributed by atoms with Crippen LogP contribution in [0.2, 0.25) is 0 Å². The van der Waals surface area contributed by atoms with Crippen LogP contribution in [-0.2, 0) is 9.59 Å². The molecule has 0 unspecified atom stereocenters. The van der Waals surface area contributed by atoms with E-state index in [1.54, 1.807) is 5.40 Å². The second kappa shape index (κ2) is 3.17. The molecule has 0 amide bonds. The molecule has 0 aliphatic heterocycles. The van der Waals surface area contributed by atoms with E-state index in [-0.39, 0.29) is 16.5 Å². The van der Waals surface area contributed by atoms with Gasteiger partial charge in [0, 0.05) is 6.08 Å². The minimum atomic E-state index is -0.281. The first-order valence-corrected chi connectivity index (χ1v) is 3.59. The molecule has 0 heterocycles. The molecule has 0 N–H and O–H groups in total. The Morgan fingerprint density at radius 2 is 2.09 bits per heavy atom. The summed E-state index contributed by atoms with van der Waals surface area (Å²) < 4.78 is 0. The van der Waals surface area contributed by atoms with E-state index >= 15 is 0 Å². The number of carbonyl (C=O) groups excluding carboxylic acids is 2. The van der Waals surface area contributed by atoms with Gasteiger partial charge in [-0.15, -0.1) is 0 Å². The van der Waals surface area contributed by atoms with E-state index in [0.717, 1.165) is 6.08 Å². The maximum absolute atomic E-state index is 10.9. The number of rotatable bonds is 1. The molecule has 0 aromatic carbocycles. The second-order valence-corrected chi connectivity index (χ2v) is 2.63. The predicted molar refractivity (Wildman–Crippen MR) is 40.4 cm³/mol. The van der Waals surface area contributed by atoms with Crippen LogP contribution in [-0.4, -0.2) is 11.6 Å². The highest BCUT2D eigenvalue weighted by atomic mass is 32.2. The van der Waals surface area contributed by atoms with Gasteiger partial charge in [0.1, 0.15) is 5.40 Å². The maximum atomic E-state index is 10.9. The lowest BCUT2D eigenvalue weighted by atomic mass is 10.2. The lowest BCUT2D eigenvalue weighted by Crippen LogP contribution is -2.03. The van der Waals surface area contributed by atoms with Crippen LogP contribution in [0.1, 0.15) is 0 Å². The van der Waals surface area contributed by atoms with E-state index in [1.165, 1.54) is 12.2 Å². The molecule has 4 heteroatoms. The molecule has 1 aliphatic carbocycles. The molecule has 0 saturated heterocycles. The largest absolute Gasteiger partial charge is 0.290 e. The van der Waals surface area contributed by atoms with Gasteiger partial charge in [0.05, 0.1) is 4.91 Å². The Kier molecular flexibility index (Phi) is 2.24. The molecule has 0 atom stereocenters. The van der Waals surface area contributed by atoms with E-state index in [0.29, 0.717) is 11.8 Å². The van der Waals surface area contributed by atoms with Crippen molar-refractivity contribution in [1.29, 1.82) is 5.26 Å². The number of thiocyanates is 1. The lowest BCUT2D eigenvalue weighted by molar-refractivity contribution is -0.114. The number of ketones is 2. The zero-order valence-electron chi connectivity index (χ0n) is 5.40. The Morgan fingerprint density at radius 1 is 1.36 bits per heavy atom. The lowest BCUT2D eigenvalue weighted by Gasteiger charge is -1.98. The third kappa shape index (κ3) is 1.79. The summed E-state index contributed by atoms with van der Waals surface area (Å²) >= 11 is 0.709. The van der Waals surface area contributed by atoms with Crippen LogP contribution >= 0.6 is 11.8 Å². The topological polar surface area (TPSA) is 57.9 Å². The van der Waals surface area contributed by atoms with Crippen LogP contribution in [0.25, 0.3) is 0 Å². The van der Waals surface area contributed by atoms with Crippen molar-refractivity contribution in [3.63, 3.8) is 0 Å². The fourth-order valence-electron chi connectivity index (χ4n) is 0.617. The van der Waals surface area contributed by atoms with Crippen LogP contribution in [0.5, 0.6) is 0 Å². The second-order valence-electron chi connectivity index (χ2n) is 1.80. The predicted octanol–water partition coefficient (Wildman–Crippen LogP) is 0.793. The number of hydrogen-bond donors (Lipinski definition) is 0. The Balaban J connectivity index is 2.87. The molecule has 3 nitrogen and oxygen atoms in total. The first kappa shape index (κ1) is 7.76. The van der Waals surface area contributed by atoms with Crippen molar-refractivity contribution in [3.05, 3.63) is 23.1 Å². The molecule has 0 bridgehead atoms. The third-order valence-corrected chi connectivity index (χ3v) is 1.70. The highest BCUT2D eigenvalue weighted by molar-refractivity contribution is 8.08. The Hall–Kier alpha value is -1.34. The molecule has 0 radical (unpaired) electrons. The number of nitriles is 1. The monoisotopic (exact) mass is 165 g/mol. The molecular weight excluding hydrogens is 162 g/mol. The highest BCUT2D eigenvalue weighted by Crippen LogP contribution is 2.18. The number of nitrogens with zero attached hydrogens (tertiary/aromatic N) is 1. The number of allylic oxidation sites excluding steroid dienone is 4. The Labute approximate surface area is 67.4 Å². The van der Waals surface area contributed by atoms with Crippen LogP contribution in [0.15, 0.2) is 23.1 Å². The molecule has 0 fully saturated rings. The van der Waals surface area contributed by atoms with E-state index in [1.807, 2.05) is 0 Å². The van der Waals surface area contributed by atoms with Crippen molar-refractivity contribution in [2.45, 2.75) is 0 Å². The maximum Gasteiger partial charge on any atom is 0.193 e. The average Bonchev–Trinajstić information content (AvgIpc) is 1.98. The third-order valence-electron chi connectivity index (χ3n) is 1.07. The minimum absolute atomic E-state index is 0.194. The van der Waals surface area contributed by atoms with Crippen molar-refractivity contribution in [1.82, 2.24) is 0 Å². The van der Waals surface area contributed by atoms with Crippen molar-refractivity contribution in [2.75, 3.05) is 0 Å². The summed E-state index contributed by atoms with van der Waals surface area (Å²) in [5.74, 6) is -0.529. The summed E-state index contributed by atoms with van der Waals surface area (Å²) in [5.41, 5.74) is 0. The molecule has 11 heavy (non-hydrogen) atoms. The quantitative estimate of drug-likeness (QED) is 0.426. The zero-order valence-corrected chi connectivity index (χ0v) is 6.22. The molecule has 1 rings (SSSR count). The molecule has 1 aliphatic rings. The van der Waals surface area contributed by atoms with Gasteiger partial charge in [-0.25, -0.2) is 0 Å². The van der Waals surface area contributed by atoms with Crippen molar-refractivity contribution in [2.24, 2.45) is 0 Å². The van der Waals surface area contributed by atoms with Crippen LogP contribution < -0.4 is 0 Å². The van der Waals surface area contributed by atoms with Gasteiger partial charge in [0.2, 0.25) is 0 Å². The molecule has 0 aromatic heterocycles. The van der Waals surface area contributed by atoms with Gasteiger partial charge in [0.15, 0.2) is 11.6 Å². The molecular formula is C7H3NO2S. The van der Waals surface area contributed by atoms with E-state index in [4.69, 9.17) is 5.26 Å². The van der Waals surface area contributed by atoms with Gasteiger partial charge >= 0.3 is 0 Å².